The fourth-order valence-electron chi connectivity index (χ4n) is 2.53. The van der Waals surface area contributed by atoms with Crippen molar-refractivity contribution in [2.45, 2.75) is 32.5 Å². The van der Waals surface area contributed by atoms with E-state index in [1.165, 1.54) is 16.7 Å². The van der Waals surface area contributed by atoms with Crippen molar-refractivity contribution in [3.05, 3.63) is 69.5 Å². The Morgan fingerprint density at radius 2 is 1.53 bits per heavy atom. The maximum atomic E-state index is 13.4. The Kier molecular flexibility index (Phi) is 4.10. The van der Waals surface area contributed by atoms with Crippen LogP contribution in [0.1, 0.15) is 38.2 Å². The molecule has 0 saturated heterocycles. The van der Waals surface area contributed by atoms with Gasteiger partial charge in [0.1, 0.15) is 5.82 Å². The number of hydrogen-bond donors (Lipinski definition) is 0. The van der Waals surface area contributed by atoms with Crippen LogP contribution in [0.25, 0.3) is 0 Å². The van der Waals surface area contributed by atoms with Crippen molar-refractivity contribution >= 4 is 15.9 Å². The molecule has 0 N–H and O–H groups in total. The minimum Gasteiger partial charge on any atom is -0.207 e. The lowest BCUT2D eigenvalue weighted by Gasteiger charge is -2.19. The van der Waals surface area contributed by atoms with Crippen LogP contribution < -0.4 is 0 Å². The molecule has 0 aromatic heterocycles. The summed E-state index contributed by atoms with van der Waals surface area (Å²) < 4.78 is 13.4. The number of rotatable bonds is 2. The molecule has 0 aliphatic heterocycles. The Hall–Kier alpha value is -1.15. The third-order valence-corrected chi connectivity index (χ3v) is 4.68. The molecule has 0 radical (unpaired) electrons. The van der Waals surface area contributed by atoms with Crippen LogP contribution in [0.3, 0.4) is 0 Å². The second-order valence-corrected chi connectivity index (χ2v) is 6.02. The van der Waals surface area contributed by atoms with Gasteiger partial charge in [-0.15, -0.1) is 0 Å². The Morgan fingerprint density at radius 3 is 2.11 bits per heavy atom. The molecule has 0 aliphatic rings. The fourth-order valence-corrected chi connectivity index (χ4v) is 3.74. The number of benzene rings is 2. The first kappa shape index (κ1) is 14.3. The lowest BCUT2D eigenvalue weighted by Crippen LogP contribution is -2.03. The van der Waals surface area contributed by atoms with E-state index in [4.69, 9.17) is 0 Å². The van der Waals surface area contributed by atoms with Crippen LogP contribution >= 0.6 is 15.9 Å². The maximum absolute atomic E-state index is 13.4. The first-order valence-electron chi connectivity index (χ1n) is 6.38. The van der Waals surface area contributed by atoms with Gasteiger partial charge in [-0.3, -0.25) is 0 Å². The summed E-state index contributed by atoms with van der Waals surface area (Å²) in [6, 6.07) is 9.51. The number of aryl methyl sites for hydroxylation is 3. The van der Waals surface area contributed by atoms with Crippen molar-refractivity contribution in [3.63, 3.8) is 0 Å². The maximum Gasteiger partial charge on any atom is 0.123 e. The van der Waals surface area contributed by atoms with E-state index in [9.17, 15) is 4.39 Å². The Bertz CT molecular complexity index is 594. The average Bonchev–Trinajstić information content (AvgIpc) is 2.31. The summed E-state index contributed by atoms with van der Waals surface area (Å²) in [5.41, 5.74) is 6.94. The third-order valence-electron chi connectivity index (χ3n) is 3.73. The summed E-state index contributed by atoms with van der Waals surface area (Å²) in [5.74, 6) is -0.167. The lowest BCUT2D eigenvalue weighted by atomic mass is 9.92. The molecule has 0 spiro atoms. The van der Waals surface area contributed by atoms with Gasteiger partial charge in [-0.05, 0) is 73.2 Å². The summed E-state index contributed by atoms with van der Waals surface area (Å²) in [5, 5.41) is 0. The molecular formula is C17H18BrF. The normalized spacial score (nSPS) is 12.5. The molecule has 0 heterocycles. The van der Waals surface area contributed by atoms with Gasteiger partial charge in [-0.25, -0.2) is 4.39 Å². The van der Waals surface area contributed by atoms with Crippen molar-refractivity contribution in [1.82, 2.24) is 0 Å². The minimum absolute atomic E-state index is 0.105. The van der Waals surface area contributed by atoms with Crippen molar-refractivity contribution in [2.24, 2.45) is 0 Å². The van der Waals surface area contributed by atoms with Gasteiger partial charge in [0.2, 0.25) is 0 Å². The number of hydrogen-bond acceptors (Lipinski definition) is 0. The largest absolute Gasteiger partial charge is 0.207 e. The summed E-state index contributed by atoms with van der Waals surface area (Å²) in [4.78, 5) is 0.105. The standard InChI is InChI=1S/C17H18BrF/c1-10-6-5-7-15(13(10)4)17(18)16-11(2)8-14(19)9-12(16)3/h5-9,17H,1-4H3. The molecule has 0 bridgehead atoms. The summed E-state index contributed by atoms with van der Waals surface area (Å²) >= 11 is 3.78. The topological polar surface area (TPSA) is 0 Å². The molecule has 1 unspecified atom stereocenters. The van der Waals surface area contributed by atoms with E-state index in [-0.39, 0.29) is 10.6 Å². The van der Waals surface area contributed by atoms with Crippen LogP contribution in [0.15, 0.2) is 30.3 Å². The van der Waals surface area contributed by atoms with Crippen LogP contribution in [0.4, 0.5) is 4.39 Å². The Labute approximate surface area is 122 Å². The highest BCUT2D eigenvalue weighted by atomic mass is 79.9. The molecular weight excluding hydrogens is 303 g/mol. The molecule has 2 rings (SSSR count). The van der Waals surface area contributed by atoms with Crippen molar-refractivity contribution in [3.8, 4) is 0 Å². The van der Waals surface area contributed by atoms with E-state index in [0.29, 0.717) is 0 Å². The van der Waals surface area contributed by atoms with Gasteiger partial charge in [0.15, 0.2) is 0 Å². The first-order chi connectivity index (χ1) is 8.91. The van der Waals surface area contributed by atoms with Gasteiger partial charge in [-0.2, -0.15) is 0 Å². The lowest BCUT2D eigenvalue weighted by molar-refractivity contribution is 0.624. The SMILES string of the molecule is Cc1cccc(C(Br)c2c(C)cc(F)cc2C)c1C. The Morgan fingerprint density at radius 1 is 0.947 bits per heavy atom. The summed E-state index contributed by atoms with van der Waals surface area (Å²) in [6.07, 6.45) is 0. The summed E-state index contributed by atoms with van der Waals surface area (Å²) in [7, 11) is 0. The number of halogens is 2. The van der Waals surface area contributed by atoms with Crippen LogP contribution in [-0.4, -0.2) is 0 Å². The zero-order chi connectivity index (χ0) is 14.2. The quantitative estimate of drug-likeness (QED) is 0.637. The first-order valence-corrected chi connectivity index (χ1v) is 7.30. The van der Waals surface area contributed by atoms with Gasteiger partial charge < -0.3 is 0 Å². The van der Waals surface area contributed by atoms with Gasteiger partial charge in [-0.1, -0.05) is 34.1 Å². The molecule has 0 nitrogen and oxygen atoms in total. The third kappa shape index (κ3) is 2.74. The smallest absolute Gasteiger partial charge is 0.123 e. The van der Waals surface area contributed by atoms with Crippen molar-refractivity contribution in [2.75, 3.05) is 0 Å². The van der Waals surface area contributed by atoms with Crippen molar-refractivity contribution in [1.29, 1.82) is 0 Å². The van der Waals surface area contributed by atoms with Gasteiger partial charge in [0, 0.05) is 0 Å². The van der Waals surface area contributed by atoms with Gasteiger partial charge >= 0.3 is 0 Å². The van der Waals surface area contributed by atoms with Crippen LogP contribution in [0, 0.1) is 33.5 Å². The molecule has 2 aromatic carbocycles. The zero-order valence-corrected chi connectivity index (χ0v) is 13.3. The second kappa shape index (κ2) is 5.46. The molecule has 0 amide bonds. The van der Waals surface area contributed by atoms with Crippen molar-refractivity contribution < 1.29 is 4.39 Å². The molecule has 0 aliphatic carbocycles. The highest BCUT2D eigenvalue weighted by molar-refractivity contribution is 9.09. The van der Waals surface area contributed by atoms with E-state index in [0.717, 1.165) is 16.7 Å². The molecule has 0 fully saturated rings. The molecule has 0 saturated carbocycles. The Balaban J connectivity index is 2.56. The predicted octanol–water partition coefficient (Wildman–Crippen LogP) is 5.54. The highest BCUT2D eigenvalue weighted by Crippen LogP contribution is 2.37. The molecule has 19 heavy (non-hydrogen) atoms. The van der Waals surface area contributed by atoms with Crippen LogP contribution in [0.2, 0.25) is 0 Å². The average molecular weight is 321 g/mol. The van der Waals surface area contributed by atoms with E-state index >= 15 is 0 Å². The molecule has 100 valence electrons. The zero-order valence-electron chi connectivity index (χ0n) is 11.7. The van der Waals surface area contributed by atoms with Gasteiger partial charge in [0.05, 0.1) is 4.83 Å². The monoisotopic (exact) mass is 320 g/mol. The summed E-state index contributed by atoms with van der Waals surface area (Å²) in [6.45, 7) is 8.17. The minimum atomic E-state index is -0.167. The van der Waals surface area contributed by atoms with E-state index in [1.807, 2.05) is 13.8 Å². The molecule has 2 heteroatoms. The van der Waals surface area contributed by atoms with Crippen LogP contribution in [0.5, 0.6) is 0 Å². The fraction of sp³-hybridized carbons (Fsp3) is 0.294. The van der Waals surface area contributed by atoms with Crippen LogP contribution in [-0.2, 0) is 0 Å². The molecule has 2 aromatic rings. The highest BCUT2D eigenvalue weighted by Gasteiger charge is 2.18. The van der Waals surface area contributed by atoms with E-state index < -0.39 is 0 Å². The van der Waals surface area contributed by atoms with Gasteiger partial charge in [0.25, 0.3) is 0 Å². The number of alkyl halides is 1. The second-order valence-electron chi connectivity index (χ2n) is 5.10. The molecule has 1 atom stereocenters. The van der Waals surface area contributed by atoms with E-state index in [2.05, 4.69) is 48.0 Å². The predicted molar refractivity (Wildman–Crippen MR) is 82.6 cm³/mol. The van der Waals surface area contributed by atoms with E-state index in [1.54, 1.807) is 12.1 Å².